The Morgan fingerprint density at radius 2 is 1.49 bits per heavy atom. The molecule has 47 heavy (non-hydrogen) atoms. The van der Waals surface area contributed by atoms with Gasteiger partial charge in [0.15, 0.2) is 0 Å². The Kier molecular flexibility index (Phi) is 9.44. The Morgan fingerprint density at radius 3 is 2.26 bits per heavy atom. The summed E-state index contributed by atoms with van der Waals surface area (Å²) < 4.78 is 13.6. The molecule has 0 bridgehead atoms. The SMILES string of the molecule is COc1cc(-c2cccc(-c3cccc4c3cnn4Cc3cc(OC)c(CN4CCC(O)C4)cc3Cl)c2Cl)ccc1CN1CCCC1. The molecule has 7 nitrogen and oxygen atoms in total. The molecule has 2 fully saturated rings. The number of aromatic nitrogens is 2. The minimum atomic E-state index is -0.273. The molecule has 4 aromatic carbocycles. The van der Waals surface area contributed by atoms with E-state index in [2.05, 4.69) is 58.3 Å². The number of aliphatic hydroxyl groups is 1. The van der Waals surface area contributed by atoms with Gasteiger partial charge in [-0.15, -0.1) is 0 Å². The fourth-order valence-electron chi connectivity index (χ4n) is 7.08. The first kappa shape index (κ1) is 32.0. The predicted octanol–water partition coefficient (Wildman–Crippen LogP) is 7.91. The maximum absolute atomic E-state index is 9.95. The quantitative estimate of drug-likeness (QED) is 0.163. The summed E-state index contributed by atoms with van der Waals surface area (Å²) in [5, 5.41) is 17.1. The van der Waals surface area contributed by atoms with Crippen molar-refractivity contribution in [2.75, 3.05) is 40.4 Å². The Labute approximate surface area is 286 Å². The third kappa shape index (κ3) is 6.60. The highest BCUT2D eigenvalue weighted by atomic mass is 35.5. The third-order valence-electron chi connectivity index (χ3n) is 9.58. The van der Waals surface area contributed by atoms with Crippen molar-refractivity contribution in [3.63, 3.8) is 0 Å². The second-order valence-corrected chi connectivity index (χ2v) is 13.4. The molecule has 0 saturated carbocycles. The van der Waals surface area contributed by atoms with Gasteiger partial charge < -0.3 is 14.6 Å². The van der Waals surface area contributed by atoms with Crippen LogP contribution in [0.3, 0.4) is 0 Å². The molecule has 2 aliphatic heterocycles. The monoisotopic (exact) mass is 670 g/mol. The molecule has 1 atom stereocenters. The number of aliphatic hydroxyl groups excluding tert-OH is 1. The lowest BCUT2D eigenvalue weighted by Crippen LogP contribution is -2.22. The van der Waals surface area contributed by atoms with Gasteiger partial charge in [-0.1, -0.05) is 65.7 Å². The van der Waals surface area contributed by atoms with Gasteiger partial charge in [-0.25, -0.2) is 0 Å². The molecule has 7 rings (SSSR count). The van der Waals surface area contributed by atoms with Gasteiger partial charge in [0.25, 0.3) is 0 Å². The van der Waals surface area contributed by atoms with Crippen molar-refractivity contribution in [2.45, 2.75) is 45.0 Å². The molecule has 1 N–H and O–H groups in total. The molecule has 244 valence electrons. The number of hydrogen-bond acceptors (Lipinski definition) is 6. The molecule has 9 heteroatoms. The molecule has 0 spiro atoms. The van der Waals surface area contributed by atoms with E-state index in [1.54, 1.807) is 14.2 Å². The van der Waals surface area contributed by atoms with Gasteiger partial charge in [0.1, 0.15) is 11.5 Å². The Hall–Kier alpha value is -3.59. The van der Waals surface area contributed by atoms with Crippen LogP contribution in [-0.2, 0) is 19.6 Å². The fourth-order valence-corrected chi connectivity index (χ4v) is 7.66. The smallest absolute Gasteiger partial charge is 0.123 e. The summed E-state index contributed by atoms with van der Waals surface area (Å²) in [7, 11) is 3.42. The van der Waals surface area contributed by atoms with Gasteiger partial charge in [0.05, 0.1) is 43.6 Å². The molecule has 0 amide bonds. The van der Waals surface area contributed by atoms with Gasteiger partial charge in [0.2, 0.25) is 0 Å². The highest BCUT2D eigenvalue weighted by molar-refractivity contribution is 6.36. The average Bonchev–Trinajstić information content (AvgIpc) is 3.85. The lowest BCUT2D eigenvalue weighted by molar-refractivity contribution is 0.174. The van der Waals surface area contributed by atoms with E-state index in [1.807, 2.05) is 29.1 Å². The minimum absolute atomic E-state index is 0.273. The van der Waals surface area contributed by atoms with Crippen LogP contribution in [0.5, 0.6) is 11.5 Å². The van der Waals surface area contributed by atoms with Crippen molar-refractivity contribution in [1.29, 1.82) is 0 Å². The second kappa shape index (κ2) is 13.9. The number of methoxy groups -OCH3 is 2. The van der Waals surface area contributed by atoms with Crippen molar-refractivity contribution < 1.29 is 14.6 Å². The van der Waals surface area contributed by atoms with Crippen LogP contribution in [0.4, 0.5) is 0 Å². The second-order valence-electron chi connectivity index (χ2n) is 12.7. The molecule has 2 aliphatic rings. The van der Waals surface area contributed by atoms with E-state index in [4.69, 9.17) is 37.8 Å². The molecule has 2 saturated heterocycles. The summed E-state index contributed by atoms with van der Waals surface area (Å²) in [4.78, 5) is 4.70. The van der Waals surface area contributed by atoms with Crippen LogP contribution in [0, 0.1) is 0 Å². The summed E-state index contributed by atoms with van der Waals surface area (Å²) in [5.41, 5.74) is 8.07. The summed E-state index contributed by atoms with van der Waals surface area (Å²) in [6, 6.07) is 22.8. The van der Waals surface area contributed by atoms with Gasteiger partial charge >= 0.3 is 0 Å². The Bertz CT molecular complexity index is 1900. The maximum atomic E-state index is 9.95. The number of ether oxygens (including phenoxy) is 2. The molecule has 1 unspecified atom stereocenters. The molecular formula is C38H40Cl2N4O3. The van der Waals surface area contributed by atoms with Crippen molar-refractivity contribution in [3.8, 4) is 33.8 Å². The van der Waals surface area contributed by atoms with Crippen LogP contribution in [0.25, 0.3) is 33.2 Å². The summed E-state index contributed by atoms with van der Waals surface area (Å²) in [6.45, 7) is 5.87. The van der Waals surface area contributed by atoms with Crippen molar-refractivity contribution in [3.05, 3.63) is 99.7 Å². The van der Waals surface area contributed by atoms with E-state index < -0.39 is 0 Å². The average molecular weight is 672 g/mol. The highest BCUT2D eigenvalue weighted by Gasteiger charge is 2.23. The predicted molar refractivity (Wildman–Crippen MR) is 190 cm³/mol. The van der Waals surface area contributed by atoms with E-state index in [-0.39, 0.29) is 6.10 Å². The first-order valence-electron chi connectivity index (χ1n) is 16.3. The van der Waals surface area contributed by atoms with Crippen LogP contribution in [0.2, 0.25) is 10.0 Å². The van der Waals surface area contributed by atoms with E-state index >= 15 is 0 Å². The topological polar surface area (TPSA) is 63.0 Å². The van der Waals surface area contributed by atoms with Gasteiger partial charge in [-0.05, 0) is 73.3 Å². The number of likely N-dealkylation sites (tertiary alicyclic amines) is 2. The van der Waals surface area contributed by atoms with Crippen LogP contribution in [0.1, 0.15) is 36.0 Å². The van der Waals surface area contributed by atoms with Crippen LogP contribution >= 0.6 is 23.2 Å². The molecule has 1 aromatic heterocycles. The normalized spacial score (nSPS) is 17.2. The van der Waals surface area contributed by atoms with Gasteiger partial charge in [-0.2, -0.15) is 5.10 Å². The van der Waals surface area contributed by atoms with E-state index in [0.717, 1.165) is 88.4 Å². The maximum Gasteiger partial charge on any atom is 0.123 e. The molecule has 0 aliphatic carbocycles. The fraction of sp³-hybridized carbons (Fsp3) is 0.342. The van der Waals surface area contributed by atoms with Crippen LogP contribution < -0.4 is 9.47 Å². The largest absolute Gasteiger partial charge is 0.496 e. The number of β-amino-alcohol motifs (C(OH)–C–C–N with tert-alkyl or cyclic N) is 1. The summed E-state index contributed by atoms with van der Waals surface area (Å²) in [6.07, 6.45) is 4.94. The Morgan fingerprint density at radius 1 is 0.766 bits per heavy atom. The number of fused-ring (bicyclic) bond motifs is 1. The Balaban J connectivity index is 1.17. The lowest BCUT2D eigenvalue weighted by Gasteiger charge is -2.19. The summed E-state index contributed by atoms with van der Waals surface area (Å²) in [5.74, 6) is 1.67. The first-order valence-corrected chi connectivity index (χ1v) is 17.1. The zero-order valence-corrected chi connectivity index (χ0v) is 28.4. The molecule has 5 aromatic rings. The highest BCUT2D eigenvalue weighted by Crippen LogP contribution is 2.41. The minimum Gasteiger partial charge on any atom is -0.496 e. The standard InChI is InChI=1S/C38H40Cl2N4O3/c1-46-36-18-25(11-12-26(36)21-42-14-3-4-15-42)30-7-5-9-32(38(30)40)31-8-6-10-35-33(31)20-41-44(35)23-27-19-37(47-2)28(17-34(27)39)22-43-16-13-29(45)24-43/h5-12,17-20,29,45H,3-4,13-16,21-24H2,1-2H3. The first-order chi connectivity index (χ1) is 22.9. The van der Waals surface area contributed by atoms with Crippen molar-refractivity contribution >= 4 is 34.1 Å². The van der Waals surface area contributed by atoms with Crippen molar-refractivity contribution in [1.82, 2.24) is 19.6 Å². The molecular weight excluding hydrogens is 631 g/mol. The van der Waals surface area contributed by atoms with E-state index in [0.29, 0.717) is 29.7 Å². The number of halogens is 2. The molecule has 3 heterocycles. The third-order valence-corrected chi connectivity index (χ3v) is 10.3. The van der Waals surface area contributed by atoms with Crippen LogP contribution in [-0.4, -0.2) is 71.2 Å². The summed E-state index contributed by atoms with van der Waals surface area (Å²) >= 11 is 14.0. The zero-order chi connectivity index (χ0) is 32.5. The number of rotatable bonds is 10. The van der Waals surface area contributed by atoms with Gasteiger partial charge in [-0.3, -0.25) is 14.5 Å². The van der Waals surface area contributed by atoms with Gasteiger partial charge in [0, 0.05) is 58.8 Å². The van der Waals surface area contributed by atoms with Crippen molar-refractivity contribution in [2.24, 2.45) is 0 Å². The lowest BCUT2D eigenvalue weighted by atomic mass is 9.96. The molecule has 0 radical (unpaired) electrons. The number of hydrogen-bond donors (Lipinski definition) is 1. The van der Waals surface area contributed by atoms with E-state index in [1.165, 1.54) is 18.4 Å². The number of benzene rings is 4. The number of nitrogens with zero attached hydrogens (tertiary/aromatic N) is 4. The zero-order valence-electron chi connectivity index (χ0n) is 26.9. The van der Waals surface area contributed by atoms with Crippen LogP contribution in [0.15, 0.2) is 72.9 Å². The van der Waals surface area contributed by atoms with E-state index in [9.17, 15) is 5.11 Å².